The Labute approximate surface area is 67.3 Å². The van der Waals surface area contributed by atoms with Crippen molar-refractivity contribution in [1.29, 1.82) is 0 Å². The maximum Gasteiger partial charge on any atom is 0.246 e. The van der Waals surface area contributed by atoms with Crippen molar-refractivity contribution in [1.82, 2.24) is 4.90 Å². The van der Waals surface area contributed by atoms with Crippen LogP contribution >= 0.6 is 0 Å². The molecule has 1 amide bonds. The molecule has 0 unspecified atom stereocenters. The fourth-order valence-corrected chi connectivity index (χ4v) is 0.849. The summed E-state index contributed by atoms with van der Waals surface area (Å²) in [5.41, 5.74) is 0. The molecule has 0 bridgehead atoms. The Morgan fingerprint density at radius 3 is 2.64 bits per heavy atom. The van der Waals surface area contributed by atoms with Gasteiger partial charge in [-0.2, -0.15) is 0 Å². The third-order valence-electron chi connectivity index (χ3n) is 1.75. The molecular weight excluding hydrogens is 142 g/mol. The predicted molar refractivity (Wildman–Crippen MR) is 44.1 cm³/mol. The Balaban J connectivity index is 4.07. The standard InChI is InChI=1S/C8H15NO2/c1-4-7(6-10)9(3)8(11)5-2/h5,7,10H,2,4,6H2,1,3H3/t7-/m0/s1. The van der Waals surface area contributed by atoms with E-state index in [1.807, 2.05) is 6.92 Å². The topological polar surface area (TPSA) is 40.5 Å². The van der Waals surface area contributed by atoms with E-state index in [0.29, 0.717) is 0 Å². The van der Waals surface area contributed by atoms with Crippen molar-refractivity contribution in [2.75, 3.05) is 13.7 Å². The zero-order chi connectivity index (χ0) is 8.85. The fourth-order valence-electron chi connectivity index (χ4n) is 0.849. The van der Waals surface area contributed by atoms with E-state index < -0.39 is 0 Å². The molecule has 0 saturated carbocycles. The van der Waals surface area contributed by atoms with Crippen LogP contribution in [0.1, 0.15) is 13.3 Å². The summed E-state index contributed by atoms with van der Waals surface area (Å²) in [6.07, 6.45) is 2.00. The van der Waals surface area contributed by atoms with Gasteiger partial charge in [0.05, 0.1) is 12.6 Å². The first-order valence-electron chi connectivity index (χ1n) is 3.67. The van der Waals surface area contributed by atoms with E-state index in [0.717, 1.165) is 6.42 Å². The van der Waals surface area contributed by atoms with Gasteiger partial charge in [0, 0.05) is 7.05 Å². The lowest BCUT2D eigenvalue weighted by atomic mass is 10.2. The van der Waals surface area contributed by atoms with Crippen molar-refractivity contribution in [2.45, 2.75) is 19.4 Å². The number of likely N-dealkylation sites (N-methyl/N-ethyl adjacent to an activating group) is 1. The monoisotopic (exact) mass is 157 g/mol. The molecule has 0 aliphatic carbocycles. The van der Waals surface area contributed by atoms with Crippen molar-refractivity contribution in [2.24, 2.45) is 0 Å². The molecule has 0 heterocycles. The van der Waals surface area contributed by atoms with Gasteiger partial charge in [0.2, 0.25) is 5.91 Å². The Hall–Kier alpha value is -0.830. The number of hydrogen-bond acceptors (Lipinski definition) is 2. The number of hydrogen-bond donors (Lipinski definition) is 1. The second-order valence-electron chi connectivity index (χ2n) is 2.40. The van der Waals surface area contributed by atoms with Gasteiger partial charge in [-0.15, -0.1) is 0 Å². The maximum absolute atomic E-state index is 11.0. The normalized spacial score (nSPS) is 12.3. The molecule has 64 valence electrons. The van der Waals surface area contributed by atoms with Crippen LogP contribution in [0.4, 0.5) is 0 Å². The third-order valence-corrected chi connectivity index (χ3v) is 1.75. The molecule has 0 radical (unpaired) electrons. The van der Waals surface area contributed by atoms with Crippen LogP contribution in [0, 0.1) is 0 Å². The number of rotatable bonds is 4. The molecule has 0 aromatic heterocycles. The maximum atomic E-state index is 11.0. The lowest BCUT2D eigenvalue weighted by Crippen LogP contribution is -2.37. The summed E-state index contributed by atoms with van der Waals surface area (Å²) in [6, 6.07) is -0.0829. The second-order valence-corrected chi connectivity index (χ2v) is 2.40. The minimum atomic E-state index is -0.147. The zero-order valence-corrected chi connectivity index (χ0v) is 7.08. The van der Waals surface area contributed by atoms with E-state index in [-0.39, 0.29) is 18.6 Å². The van der Waals surface area contributed by atoms with Gasteiger partial charge < -0.3 is 10.0 Å². The summed E-state index contributed by atoms with van der Waals surface area (Å²) in [5.74, 6) is -0.147. The van der Waals surface area contributed by atoms with Crippen molar-refractivity contribution in [3.63, 3.8) is 0 Å². The molecule has 11 heavy (non-hydrogen) atoms. The van der Waals surface area contributed by atoms with E-state index >= 15 is 0 Å². The Morgan fingerprint density at radius 2 is 2.36 bits per heavy atom. The van der Waals surface area contributed by atoms with E-state index in [4.69, 9.17) is 5.11 Å². The van der Waals surface area contributed by atoms with Gasteiger partial charge >= 0.3 is 0 Å². The van der Waals surface area contributed by atoms with E-state index in [9.17, 15) is 4.79 Å². The molecule has 0 aliphatic heterocycles. The van der Waals surface area contributed by atoms with Crippen LogP contribution in [0.5, 0.6) is 0 Å². The summed E-state index contributed by atoms with van der Waals surface area (Å²) >= 11 is 0. The van der Waals surface area contributed by atoms with Crippen LogP contribution < -0.4 is 0 Å². The molecular formula is C8H15NO2. The lowest BCUT2D eigenvalue weighted by Gasteiger charge is -2.23. The summed E-state index contributed by atoms with van der Waals surface area (Å²) in [4.78, 5) is 12.5. The number of aliphatic hydroxyl groups is 1. The Bertz CT molecular complexity index is 141. The molecule has 1 N–H and O–H groups in total. The van der Waals surface area contributed by atoms with Gasteiger partial charge in [0.15, 0.2) is 0 Å². The highest BCUT2D eigenvalue weighted by molar-refractivity contribution is 5.86. The summed E-state index contributed by atoms with van der Waals surface area (Å²) in [6.45, 7) is 5.29. The van der Waals surface area contributed by atoms with Gasteiger partial charge in [0.1, 0.15) is 0 Å². The first-order valence-corrected chi connectivity index (χ1v) is 3.67. The molecule has 0 aromatic rings. The molecule has 1 atom stereocenters. The quantitative estimate of drug-likeness (QED) is 0.600. The Morgan fingerprint density at radius 1 is 1.82 bits per heavy atom. The van der Waals surface area contributed by atoms with Gasteiger partial charge in [-0.1, -0.05) is 13.5 Å². The van der Waals surface area contributed by atoms with Gasteiger partial charge in [-0.3, -0.25) is 4.79 Å². The minimum absolute atomic E-state index is 0.00653. The third kappa shape index (κ3) is 2.72. The lowest BCUT2D eigenvalue weighted by molar-refractivity contribution is -0.127. The van der Waals surface area contributed by atoms with Crippen LogP contribution in [0.3, 0.4) is 0 Å². The number of nitrogens with zero attached hydrogens (tertiary/aromatic N) is 1. The van der Waals surface area contributed by atoms with Gasteiger partial charge in [-0.05, 0) is 12.5 Å². The summed E-state index contributed by atoms with van der Waals surface area (Å²) in [5, 5.41) is 8.81. The molecule has 0 aliphatic rings. The van der Waals surface area contributed by atoms with Gasteiger partial charge in [0.25, 0.3) is 0 Å². The Kier molecular flexibility index (Phi) is 4.54. The van der Waals surface area contributed by atoms with Gasteiger partial charge in [-0.25, -0.2) is 0 Å². The first kappa shape index (κ1) is 10.2. The highest BCUT2D eigenvalue weighted by Crippen LogP contribution is 2.00. The fraction of sp³-hybridized carbons (Fsp3) is 0.625. The largest absolute Gasteiger partial charge is 0.394 e. The smallest absolute Gasteiger partial charge is 0.246 e. The summed E-state index contributed by atoms with van der Waals surface area (Å²) < 4.78 is 0. The number of amides is 1. The SMILES string of the molecule is C=CC(=O)N(C)[C@@H](CC)CO. The van der Waals surface area contributed by atoms with Crippen LogP contribution in [0.15, 0.2) is 12.7 Å². The summed E-state index contributed by atoms with van der Waals surface area (Å²) in [7, 11) is 1.66. The molecule has 3 heteroatoms. The first-order chi connectivity index (χ1) is 5.17. The molecule has 0 spiro atoms. The number of aliphatic hydroxyl groups excluding tert-OH is 1. The average Bonchev–Trinajstić information content (AvgIpc) is 2.05. The van der Waals surface area contributed by atoms with E-state index in [1.54, 1.807) is 7.05 Å². The van der Waals surface area contributed by atoms with Crippen LogP contribution in [0.2, 0.25) is 0 Å². The second kappa shape index (κ2) is 4.91. The van der Waals surface area contributed by atoms with Crippen molar-refractivity contribution in [3.05, 3.63) is 12.7 Å². The van der Waals surface area contributed by atoms with Crippen LogP contribution in [0.25, 0.3) is 0 Å². The molecule has 0 saturated heterocycles. The predicted octanol–water partition coefficient (Wildman–Crippen LogP) is 0.402. The molecule has 0 fully saturated rings. The zero-order valence-electron chi connectivity index (χ0n) is 7.08. The number of carbonyl (C=O) groups excluding carboxylic acids is 1. The highest BCUT2D eigenvalue weighted by Gasteiger charge is 2.13. The minimum Gasteiger partial charge on any atom is -0.394 e. The highest BCUT2D eigenvalue weighted by atomic mass is 16.3. The average molecular weight is 157 g/mol. The van der Waals surface area contributed by atoms with Crippen molar-refractivity contribution < 1.29 is 9.90 Å². The van der Waals surface area contributed by atoms with E-state index in [2.05, 4.69) is 6.58 Å². The van der Waals surface area contributed by atoms with Crippen molar-refractivity contribution in [3.8, 4) is 0 Å². The molecule has 0 aromatic carbocycles. The van der Waals surface area contributed by atoms with Crippen LogP contribution in [-0.4, -0.2) is 35.6 Å². The van der Waals surface area contributed by atoms with Crippen molar-refractivity contribution >= 4 is 5.91 Å². The van der Waals surface area contributed by atoms with Crippen LogP contribution in [-0.2, 0) is 4.79 Å². The molecule has 3 nitrogen and oxygen atoms in total. The molecule has 0 rings (SSSR count). The number of carbonyl (C=O) groups is 1. The van der Waals surface area contributed by atoms with E-state index in [1.165, 1.54) is 11.0 Å².